The average molecular weight is 293 g/mol. The monoisotopic (exact) mass is 293 g/mol. The van der Waals surface area contributed by atoms with Crippen LogP contribution in [0.4, 0.5) is 4.79 Å². The van der Waals surface area contributed by atoms with Crippen molar-refractivity contribution < 1.29 is 4.79 Å². The predicted molar refractivity (Wildman–Crippen MR) is 87.3 cm³/mol. The molecule has 2 aliphatic rings. The number of carbonyl (C=O) groups is 1. The molecule has 4 nitrogen and oxygen atoms in total. The molecule has 0 spiro atoms. The zero-order valence-corrected chi connectivity index (χ0v) is 13.4. The second kappa shape index (κ2) is 9.08. The molecular weight excluding hydrogens is 262 g/mol. The van der Waals surface area contributed by atoms with E-state index in [-0.39, 0.29) is 6.03 Å². The Kier molecular flexibility index (Phi) is 7.07. The summed E-state index contributed by atoms with van der Waals surface area (Å²) in [6.45, 7) is 7.49. The molecule has 1 atom stereocenters. The first-order chi connectivity index (χ1) is 10.2. The lowest BCUT2D eigenvalue weighted by molar-refractivity contribution is 0.190. The van der Waals surface area contributed by atoms with Crippen molar-refractivity contribution in [1.29, 1.82) is 0 Å². The maximum atomic E-state index is 11.7. The van der Waals surface area contributed by atoms with Gasteiger partial charge in [0, 0.05) is 13.1 Å². The van der Waals surface area contributed by atoms with E-state index >= 15 is 0 Å². The van der Waals surface area contributed by atoms with Crippen LogP contribution in [-0.2, 0) is 0 Å². The number of nitrogens with zero attached hydrogens (tertiary/aromatic N) is 1. The molecule has 0 aromatic heterocycles. The second-order valence-electron chi connectivity index (χ2n) is 6.67. The summed E-state index contributed by atoms with van der Waals surface area (Å²) in [7, 11) is 0. The fraction of sp³-hybridized carbons (Fsp3) is 0.824. The van der Waals surface area contributed by atoms with E-state index in [0.29, 0.717) is 5.92 Å². The zero-order chi connectivity index (χ0) is 14.9. The molecule has 1 aliphatic carbocycles. The first-order valence-corrected chi connectivity index (χ1v) is 8.63. The van der Waals surface area contributed by atoms with Crippen LogP contribution in [-0.4, -0.2) is 43.7 Å². The summed E-state index contributed by atoms with van der Waals surface area (Å²) in [4.78, 5) is 14.2. The van der Waals surface area contributed by atoms with Gasteiger partial charge >= 0.3 is 6.03 Å². The summed E-state index contributed by atoms with van der Waals surface area (Å²) in [6, 6.07) is -0.00294. The molecule has 0 bridgehead atoms. The van der Waals surface area contributed by atoms with Gasteiger partial charge in [-0.2, -0.15) is 0 Å². The number of nitrogens with one attached hydrogen (secondary N) is 2. The third-order valence-electron chi connectivity index (χ3n) is 4.74. The Morgan fingerprint density at radius 1 is 1.19 bits per heavy atom. The Balaban J connectivity index is 1.46. The van der Waals surface area contributed by atoms with E-state index in [9.17, 15) is 4.79 Å². The third-order valence-corrected chi connectivity index (χ3v) is 4.74. The van der Waals surface area contributed by atoms with Gasteiger partial charge in [0.2, 0.25) is 0 Å². The molecule has 120 valence electrons. The topological polar surface area (TPSA) is 44.4 Å². The normalized spacial score (nSPS) is 24.0. The van der Waals surface area contributed by atoms with Crippen LogP contribution in [0.15, 0.2) is 12.2 Å². The molecule has 0 aromatic carbocycles. The highest BCUT2D eigenvalue weighted by molar-refractivity contribution is 5.73. The quantitative estimate of drug-likeness (QED) is 0.584. The largest absolute Gasteiger partial charge is 0.338 e. The van der Waals surface area contributed by atoms with Gasteiger partial charge in [-0.25, -0.2) is 4.79 Å². The minimum Gasteiger partial charge on any atom is -0.338 e. The highest BCUT2D eigenvalue weighted by atomic mass is 16.2. The van der Waals surface area contributed by atoms with E-state index in [1.54, 1.807) is 0 Å². The van der Waals surface area contributed by atoms with Crippen molar-refractivity contribution in [2.24, 2.45) is 11.8 Å². The van der Waals surface area contributed by atoms with Crippen LogP contribution >= 0.6 is 0 Å². The molecule has 0 radical (unpaired) electrons. The van der Waals surface area contributed by atoms with E-state index in [1.165, 1.54) is 32.4 Å². The summed E-state index contributed by atoms with van der Waals surface area (Å²) in [5.41, 5.74) is 0. The second-order valence-corrected chi connectivity index (χ2v) is 6.67. The molecule has 2 N–H and O–H groups in total. The van der Waals surface area contributed by atoms with Crippen molar-refractivity contribution in [3.05, 3.63) is 12.2 Å². The number of hydrogen-bond donors (Lipinski definition) is 2. The molecule has 1 heterocycles. The van der Waals surface area contributed by atoms with Crippen molar-refractivity contribution in [3.8, 4) is 0 Å². The first-order valence-electron chi connectivity index (χ1n) is 8.63. The number of piperidine rings is 1. The average Bonchev–Trinajstić information content (AvgIpc) is 2.52. The molecule has 0 saturated carbocycles. The van der Waals surface area contributed by atoms with E-state index in [4.69, 9.17) is 0 Å². The standard InChI is InChI=1S/C17H31N3O/c1-15-8-12-20(13-9-15)11-5-10-18-17(21)19-14-16-6-3-2-4-7-16/h2-3,15-16H,4-14H2,1H3,(H2,18,19,21). The molecule has 1 saturated heterocycles. The Bertz CT molecular complexity index is 335. The highest BCUT2D eigenvalue weighted by Gasteiger charge is 2.15. The maximum Gasteiger partial charge on any atom is 0.314 e. The van der Waals surface area contributed by atoms with Gasteiger partial charge in [-0.1, -0.05) is 19.1 Å². The van der Waals surface area contributed by atoms with E-state index in [2.05, 4.69) is 34.6 Å². The Morgan fingerprint density at radius 3 is 2.71 bits per heavy atom. The molecule has 4 heteroatoms. The Morgan fingerprint density at radius 2 is 2.00 bits per heavy atom. The van der Waals surface area contributed by atoms with Gasteiger partial charge in [-0.05, 0) is 70.0 Å². The molecule has 1 unspecified atom stereocenters. The van der Waals surface area contributed by atoms with Crippen molar-refractivity contribution in [3.63, 3.8) is 0 Å². The molecule has 1 fully saturated rings. The van der Waals surface area contributed by atoms with Gasteiger partial charge in [0.25, 0.3) is 0 Å². The molecule has 0 aromatic rings. The van der Waals surface area contributed by atoms with Gasteiger partial charge in [-0.15, -0.1) is 0 Å². The number of hydrogen-bond acceptors (Lipinski definition) is 2. The third kappa shape index (κ3) is 6.51. The molecular formula is C17H31N3O. The predicted octanol–water partition coefficient (Wildman–Crippen LogP) is 2.76. The summed E-state index contributed by atoms with van der Waals surface area (Å²) in [5.74, 6) is 1.51. The lowest BCUT2D eigenvalue weighted by atomic mass is 9.94. The van der Waals surface area contributed by atoms with Crippen molar-refractivity contribution in [2.45, 2.75) is 45.4 Å². The summed E-state index contributed by atoms with van der Waals surface area (Å²) in [5, 5.41) is 5.97. The SMILES string of the molecule is CC1CCN(CCCNC(=O)NCC2CC=CCC2)CC1. The van der Waals surface area contributed by atoms with Gasteiger partial charge in [0.05, 0.1) is 0 Å². The number of amides is 2. The van der Waals surface area contributed by atoms with Crippen LogP contribution in [0.3, 0.4) is 0 Å². The molecule has 2 rings (SSSR count). The summed E-state index contributed by atoms with van der Waals surface area (Å²) in [6.07, 6.45) is 11.6. The van der Waals surface area contributed by atoms with Crippen LogP contribution in [0.25, 0.3) is 0 Å². The van der Waals surface area contributed by atoms with Gasteiger partial charge < -0.3 is 15.5 Å². The fourth-order valence-corrected chi connectivity index (χ4v) is 3.13. The van der Waals surface area contributed by atoms with Crippen LogP contribution in [0.5, 0.6) is 0 Å². The first kappa shape index (κ1) is 16.3. The van der Waals surface area contributed by atoms with Gasteiger partial charge in [0.1, 0.15) is 0 Å². The number of allylic oxidation sites excluding steroid dienone is 2. The zero-order valence-electron chi connectivity index (χ0n) is 13.4. The van der Waals surface area contributed by atoms with Crippen molar-refractivity contribution in [1.82, 2.24) is 15.5 Å². The van der Waals surface area contributed by atoms with Crippen LogP contribution < -0.4 is 10.6 Å². The van der Waals surface area contributed by atoms with Gasteiger partial charge in [0.15, 0.2) is 0 Å². The minimum atomic E-state index is -0.00294. The summed E-state index contributed by atoms with van der Waals surface area (Å²) < 4.78 is 0. The van der Waals surface area contributed by atoms with Crippen LogP contribution in [0, 0.1) is 11.8 Å². The molecule has 2 amide bonds. The van der Waals surface area contributed by atoms with Crippen LogP contribution in [0.1, 0.15) is 45.4 Å². The Labute approximate surface area is 129 Å². The van der Waals surface area contributed by atoms with E-state index in [1.807, 2.05) is 0 Å². The maximum absolute atomic E-state index is 11.7. The smallest absolute Gasteiger partial charge is 0.314 e. The number of carbonyl (C=O) groups excluding carboxylic acids is 1. The fourth-order valence-electron chi connectivity index (χ4n) is 3.13. The number of rotatable bonds is 6. The lowest BCUT2D eigenvalue weighted by Gasteiger charge is -2.30. The van der Waals surface area contributed by atoms with Crippen molar-refractivity contribution in [2.75, 3.05) is 32.7 Å². The van der Waals surface area contributed by atoms with E-state index < -0.39 is 0 Å². The van der Waals surface area contributed by atoms with E-state index in [0.717, 1.165) is 44.8 Å². The van der Waals surface area contributed by atoms with Crippen molar-refractivity contribution >= 4 is 6.03 Å². The highest BCUT2D eigenvalue weighted by Crippen LogP contribution is 2.17. The van der Waals surface area contributed by atoms with Gasteiger partial charge in [-0.3, -0.25) is 0 Å². The Hall–Kier alpha value is -1.03. The number of likely N-dealkylation sites (tertiary alicyclic amines) is 1. The summed E-state index contributed by atoms with van der Waals surface area (Å²) >= 11 is 0. The van der Waals surface area contributed by atoms with Crippen LogP contribution in [0.2, 0.25) is 0 Å². The molecule has 21 heavy (non-hydrogen) atoms. The lowest BCUT2D eigenvalue weighted by Crippen LogP contribution is -2.40. The number of urea groups is 1. The minimum absolute atomic E-state index is 0.00294. The molecule has 1 aliphatic heterocycles.